The summed E-state index contributed by atoms with van der Waals surface area (Å²) >= 11 is 0. The van der Waals surface area contributed by atoms with Crippen molar-refractivity contribution in [2.24, 2.45) is 5.92 Å². The monoisotopic (exact) mass is 162 g/mol. The molecule has 0 saturated heterocycles. The zero-order chi connectivity index (χ0) is 8.97. The lowest BCUT2D eigenvalue weighted by molar-refractivity contribution is 0.552. The third-order valence-electron chi connectivity index (χ3n) is 2.58. The van der Waals surface area contributed by atoms with Crippen LogP contribution in [-0.2, 0) is 0 Å². The van der Waals surface area contributed by atoms with Crippen LogP contribution in [0.15, 0.2) is 36.0 Å². The van der Waals surface area contributed by atoms with Gasteiger partial charge in [0.1, 0.15) is 0 Å². The fraction of sp³-hybridized carbons (Fsp3) is 0.500. The highest BCUT2D eigenvalue weighted by Crippen LogP contribution is 2.30. The molecule has 1 aliphatic rings. The molecule has 0 aromatic rings. The molecule has 0 aromatic carbocycles. The highest BCUT2D eigenvalue weighted by molar-refractivity contribution is 5.35. The van der Waals surface area contributed by atoms with Gasteiger partial charge in [0.05, 0.1) is 0 Å². The average Bonchev–Trinajstić information content (AvgIpc) is 2.09. The second kappa shape index (κ2) is 4.30. The molecule has 0 spiro atoms. The first-order valence-electron chi connectivity index (χ1n) is 4.77. The average molecular weight is 162 g/mol. The van der Waals surface area contributed by atoms with Gasteiger partial charge in [0.2, 0.25) is 0 Å². The van der Waals surface area contributed by atoms with E-state index in [-0.39, 0.29) is 0 Å². The van der Waals surface area contributed by atoms with E-state index in [1.54, 1.807) is 0 Å². The van der Waals surface area contributed by atoms with Crippen LogP contribution < -0.4 is 0 Å². The quantitative estimate of drug-likeness (QED) is 0.578. The van der Waals surface area contributed by atoms with Crippen LogP contribution in [-0.4, -0.2) is 0 Å². The van der Waals surface area contributed by atoms with Gasteiger partial charge in [-0.15, -0.1) is 0 Å². The van der Waals surface area contributed by atoms with Gasteiger partial charge in [0.25, 0.3) is 0 Å². The van der Waals surface area contributed by atoms with Crippen molar-refractivity contribution in [1.29, 1.82) is 0 Å². The highest BCUT2D eigenvalue weighted by Gasteiger charge is 2.14. The standard InChI is InChI=1S/C12H18/c1-4-7-12-10(3)8-6-9-11(12)5-2/h4-5,7,10H,2,6,8-9H2,1,3H3/b7-4-/t10-/m0/s1. The topological polar surface area (TPSA) is 0 Å². The second-order valence-electron chi connectivity index (χ2n) is 3.48. The molecule has 0 aliphatic heterocycles. The summed E-state index contributed by atoms with van der Waals surface area (Å²) in [7, 11) is 0. The smallest absolute Gasteiger partial charge is 0.0188 e. The maximum Gasteiger partial charge on any atom is -0.0188 e. The van der Waals surface area contributed by atoms with Gasteiger partial charge in [0.15, 0.2) is 0 Å². The molecule has 0 aromatic heterocycles. The Morgan fingerprint density at radius 2 is 2.25 bits per heavy atom. The molecular formula is C12H18. The summed E-state index contributed by atoms with van der Waals surface area (Å²) in [5.41, 5.74) is 2.95. The number of hydrogen-bond acceptors (Lipinski definition) is 0. The fourth-order valence-electron chi connectivity index (χ4n) is 1.89. The summed E-state index contributed by atoms with van der Waals surface area (Å²) in [6, 6.07) is 0. The minimum Gasteiger partial charge on any atom is -0.0988 e. The molecule has 1 rings (SSSR count). The SMILES string of the molecule is C=CC1=C(/C=C\C)[C@@H](C)CCC1. The Morgan fingerprint density at radius 3 is 2.83 bits per heavy atom. The van der Waals surface area contributed by atoms with E-state index in [1.165, 1.54) is 30.4 Å². The van der Waals surface area contributed by atoms with Crippen molar-refractivity contribution >= 4 is 0 Å². The molecule has 0 fully saturated rings. The van der Waals surface area contributed by atoms with Crippen molar-refractivity contribution < 1.29 is 0 Å². The Morgan fingerprint density at radius 1 is 1.50 bits per heavy atom. The van der Waals surface area contributed by atoms with Crippen LogP contribution in [0, 0.1) is 5.92 Å². The van der Waals surface area contributed by atoms with Crippen molar-refractivity contribution in [2.75, 3.05) is 0 Å². The molecule has 12 heavy (non-hydrogen) atoms. The lowest BCUT2D eigenvalue weighted by Gasteiger charge is -2.22. The molecule has 0 heterocycles. The summed E-state index contributed by atoms with van der Waals surface area (Å²) in [6.45, 7) is 8.24. The third kappa shape index (κ3) is 1.88. The van der Waals surface area contributed by atoms with Gasteiger partial charge in [0, 0.05) is 0 Å². The van der Waals surface area contributed by atoms with Crippen LogP contribution in [0.4, 0.5) is 0 Å². The maximum absolute atomic E-state index is 3.86. The fourth-order valence-corrected chi connectivity index (χ4v) is 1.89. The minimum absolute atomic E-state index is 0.725. The summed E-state index contributed by atoms with van der Waals surface area (Å²) in [5.74, 6) is 0.725. The Labute approximate surface area is 75.7 Å². The normalized spacial score (nSPS) is 25.0. The van der Waals surface area contributed by atoms with E-state index in [0.29, 0.717) is 0 Å². The molecule has 0 amide bonds. The van der Waals surface area contributed by atoms with Crippen molar-refractivity contribution in [3.63, 3.8) is 0 Å². The van der Waals surface area contributed by atoms with Gasteiger partial charge in [-0.25, -0.2) is 0 Å². The number of hydrogen-bond donors (Lipinski definition) is 0. The van der Waals surface area contributed by atoms with Crippen LogP contribution in [0.25, 0.3) is 0 Å². The van der Waals surface area contributed by atoms with Crippen LogP contribution >= 0.6 is 0 Å². The molecule has 0 N–H and O–H groups in total. The van der Waals surface area contributed by atoms with E-state index < -0.39 is 0 Å². The zero-order valence-electron chi connectivity index (χ0n) is 8.14. The van der Waals surface area contributed by atoms with Gasteiger partial charge < -0.3 is 0 Å². The summed E-state index contributed by atoms with van der Waals surface area (Å²) < 4.78 is 0. The van der Waals surface area contributed by atoms with Gasteiger partial charge in [-0.1, -0.05) is 31.7 Å². The van der Waals surface area contributed by atoms with Crippen molar-refractivity contribution in [2.45, 2.75) is 33.1 Å². The molecule has 0 saturated carbocycles. The molecule has 0 radical (unpaired) electrons. The molecule has 0 nitrogen and oxygen atoms in total. The van der Waals surface area contributed by atoms with Crippen LogP contribution in [0.3, 0.4) is 0 Å². The largest absolute Gasteiger partial charge is 0.0988 e. The lowest BCUT2D eigenvalue weighted by Crippen LogP contribution is -2.06. The van der Waals surface area contributed by atoms with E-state index in [2.05, 4.69) is 32.6 Å². The van der Waals surface area contributed by atoms with Gasteiger partial charge in [-0.05, 0) is 43.3 Å². The van der Waals surface area contributed by atoms with E-state index >= 15 is 0 Å². The maximum atomic E-state index is 3.86. The van der Waals surface area contributed by atoms with Crippen molar-refractivity contribution in [3.05, 3.63) is 36.0 Å². The second-order valence-corrected chi connectivity index (χ2v) is 3.48. The summed E-state index contributed by atoms with van der Waals surface area (Å²) in [5, 5.41) is 0. The zero-order valence-corrected chi connectivity index (χ0v) is 8.14. The van der Waals surface area contributed by atoms with Gasteiger partial charge in [-0.3, -0.25) is 0 Å². The van der Waals surface area contributed by atoms with E-state index in [4.69, 9.17) is 0 Å². The molecule has 1 aliphatic carbocycles. The molecule has 0 heteroatoms. The highest BCUT2D eigenvalue weighted by atomic mass is 14.2. The van der Waals surface area contributed by atoms with E-state index in [1.807, 2.05) is 6.08 Å². The predicted octanol–water partition coefficient (Wildman–Crippen LogP) is 3.87. The van der Waals surface area contributed by atoms with Gasteiger partial charge >= 0.3 is 0 Å². The van der Waals surface area contributed by atoms with E-state index in [9.17, 15) is 0 Å². The van der Waals surface area contributed by atoms with Crippen LogP contribution in [0.1, 0.15) is 33.1 Å². The minimum atomic E-state index is 0.725. The third-order valence-corrected chi connectivity index (χ3v) is 2.58. The number of allylic oxidation sites excluding steroid dienone is 5. The molecule has 1 atom stereocenters. The van der Waals surface area contributed by atoms with Crippen LogP contribution in [0.5, 0.6) is 0 Å². The first-order chi connectivity index (χ1) is 5.79. The summed E-state index contributed by atoms with van der Waals surface area (Å²) in [6.07, 6.45) is 10.3. The summed E-state index contributed by atoms with van der Waals surface area (Å²) in [4.78, 5) is 0. The Balaban J connectivity index is 2.94. The first-order valence-corrected chi connectivity index (χ1v) is 4.77. The Hall–Kier alpha value is -0.780. The molecular weight excluding hydrogens is 144 g/mol. The van der Waals surface area contributed by atoms with E-state index in [0.717, 1.165) is 5.92 Å². The predicted molar refractivity (Wildman–Crippen MR) is 55.1 cm³/mol. The van der Waals surface area contributed by atoms with Crippen molar-refractivity contribution in [1.82, 2.24) is 0 Å². The van der Waals surface area contributed by atoms with Crippen molar-refractivity contribution in [3.8, 4) is 0 Å². The number of rotatable bonds is 2. The van der Waals surface area contributed by atoms with Crippen LogP contribution in [0.2, 0.25) is 0 Å². The molecule has 0 bridgehead atoms. The Bertz CT molecular complexity index is 218. The lowest BCUT2D eigenvalue weighted by atomic mass is 9.83. The first kappa shape index (κ1) is 9.31. The van der Waals surface area contributed by atoms with Gasteiger partial charge in [-0.2, -0.15) is 0 Å². The molecule has 0 unspecified atom stereocenters. The molecule has 66 valence electrons. The Kier molecular flexibility index (Phi) is 3.33.